The average Bonchev–Trinajstić information content (AvgIpc) is 3.03. The number of hydrogen-bond donors (Lipinski definition) is 1. The van der Waals surface area contributed by atoms with E-state index in [-0.39, 0.29) is 17.1 Å². The lowest BCUT2D eigenvalue weighted by Crippen LogP contribution is -1.96. The number of nitrogen functional groups attached to an aromatic ring is 1. The Balaban J connectivity index is 1.96. The van der Waals surface area contributed by atoms with Crippen molar-refractivity contribution in [3.8, 4) is 11.5 Å². The largest absolute Gasteiger partial charge is 0.398 e. The molecule has 1 heterocycles. The molecule has 0 radical (unpaired) electrons. The van der Waals surface area contributed by atoms with E-state index >= 15 is 0 Å². The fourth-order valence-electron chi connectivity index (χ4n) is 2.44. The second-order valence-corrected chi connectivity index (χ2v) is 4.79. The van der Waals surface area contributed by atoms with Gasteiger partial charge in [0.15, 0.2) is 17.5 Å². The molecule has 2 aromatic rings. The van der Waals surface area contributed by atoms with Gasteiger partial charge in [0.25, 0.3) is 5.89 Å². The predicted octanol–water partition coefficient (Wildman–Crippen LogP) is 3.25. The van der Waals surface area contributed by atoms with Gasteiger partial charge >= 0.3 is 0 Å². The topological polar surface area (TPSA) is 64.9 Å². The molecule has 19 heavy (non-hydrogen) atoms. The zero-order chi connectivity index (χ0) is 13.4. The van der Waals surface area contributed by atoms with Crippen LogP contribution in [0, 0.1) is 11.6 Å². The van der Waals surface area contributed by atoms with Crippen molar-refractivity contribution in [3.63, 3.8) is 0 Å². The van der Waals surface area contributed by atoms with Crippen LogP contribution < -0.4 is 5.73 Å². The molecule has 0 spiro atoms. The van der Waals surface area contributed by atoms with Crippen molar-refractivity contribution in [2.24, 2.45) is 0 Å². The van der Waals surface area contributed by atoms with Gasteiger partial charge in [-0.2, -0.15) is 4.98 Å². The summed E-state index contributed by atoms with van der Waals surface area (Å²) in [6.45, 7) is 0. The molecule has 1 aliphatic carbocycles. The number of nitrogens with two attached hydrogens (primary N) is 1. The minimum absolute atomic E-state index is 0.0838. The van der Waals surface area contributed by atoms with E-state index in [1.807, 2.05) is 0 Å². The summed E-state index contributed by atoms with van der Waals surface area (Å²) in [7, 11) is 0. The summed E-state index contributed by atoms with van der Waals surface area (Å²) in [6.07, 6.45) is 4.38. The van der Waals surface area contributed by atoms with Crippen LogP contribution in [0.15, 0.2) is 16.7 Å². The first kappa shape index (κ1) is 12.1. The maximum Gasteiger partial charge on any atom is 0.260 e. The van der Waals surface area contributed by atoms with Crippen molar-refractivity contribution in [1.29, 1.82) is 0 Å². The summed E-state index contributed by atoms with van der Waals surface area (Å²) in [5, 5.41) is 3.91. The first-order valence-electron chi connectivity index (χ1n) is 6.23. The van der Waals surface area contributed by atoms with Crippen LogP contribution >= 0.6 is 0 Å². The van der Waals surface area contributed by atoms with Gasteiger partial charge in [0.1, 0.15) is 0 Å². The van der Waals surface area contributed by atoms with Crippen molar-refractivity contribution in [2.45, 2.75) is 31.6 Å². The summed E-state index contributed by atoms with van der Waals surface area (Å²) in [5.74, 6) is -0.916. The van der Waals surface area contributed by atoms with E-state index < -0.39 is 11.6 Å². The molecule has 2 N–H and O–H groups in total. The van der Waals surface area contributed by atoms with Gasteiger partial charge < -0.3 is 10.3 Å². The zero-order valence-corrected chi connectivity index (χ0v) is 10.2. The zero-order valence-electron chi connectivity index (χ0n) is 10.2. The second-order valence-electron chi connectivity index (χ2n) is 4.79. The average molecular weight is 265 g/mol. The third-order valence-corrected chi connectivity index (χ3v) is 3.48. The highest BCUT2D eigenvalue weighted by molar-refractivity contribution is 5.70. The normalized spacial score (nSPS) is 16.1. The molecule has 100 valence electrons. The van der Waals surface area contributed by atoms with Crippen LogP contribution in [0.25, 0.3) is 11.5 Å². The first-order chi connectivity index (χ1) is 9.15. The molecule has 0 unspecified atom stereocenters. The lowest BCUT2D eigenvalue weighted by atomic mass is 10.1. The van der Waals surface area contributed by atoms with E-state index in [0.717, 1.165) is 37.8 Å². The Morgan fingerprint density at radius 2 is 1.84 bits per heavy atom. The van der Waals surface area contributed by atoms with Gasteiger partial charge in [-0.25, -0.2) is 8.78 Å². The van der Waals surface area contributed by atoms with Gasteiger partial charge in [-0.05, 0) is 18.9 Å². The number of halogens is 2. The Kier molecular flexibility index (Phi) is 2.93. The fraction of sp³-hybridized carbons (Fsp3) is 0.385. The third kappa shape index (κ3) is 2.18. The molecule has 1 aromatic heterocycles. The van der Waals surface area contributed by atoms with Gasteiger partial charge in [-0.1, -0.05) is 18.0 Å². The molecule has 1 aromatic carbocycles. The molecule has 4 nitrogen and oxygen atoms in total. The lowest BCUT2D eigenvalue weighted by Gasteiger charge is -2.02. The first-order valence-corrected chi connectivity index (χ1v) is 6.23. The van der Waals surface area contributed by atoms with Crippen LogP contribution in [0.4, 0.5) is 14.5 Å². The second kappa shape index (κ2) is 4.60. The highest BCUT2D eigenvalue weighted by Gasteiger charge is 2.23. The highest BCUT2D eigenvalue weighted by Crippen LogP contribution is 2.34. The molecule has 1 fully saturated rings. The van der Waals surface area contributed by atoms with Crippen LogP contribution in [0.5, 0.6) is 0 Å². The van der Waals surface area contributed by atoms with Crippen LogP contribution in [0.1, 0.15) is 37.4 Å². The smallest absolute Gasteiger partial charge is 0.260 e. The van der Waals surface area contributed by atoms with Crippen molar-refractivity contribution in [2.75, 3.05) is 5.73 Å². The molecule has 0 bridgehead atoms. The molecular weight excluding hydrogens is 252 g/mol. The van der Waals surface area contributed by atoms with Gasteiger partial charge in [0.05, 0.1) is 5.56 Å². The molecule has 1 aliphatic rings. The summed E-state index contributed by atoms with van der Waals surface area (Å²) >= 11 is 0. The molecular formula is C13H13F2N3O. The Morgan fingerprint density at radius 1 is 1.16 bits per heavy atom. The maximum absolute atomic E-state index is 13.2. The summed E-state index contributed by atoms with van der Waals surface area (Å²) in [6, 6.07) is 1.90. The Bertz CT molecular complexity index is 606. The number of rotatable bonds is 2. The molecule has 0 atom stereocenters. The quantitative estimate of drug-likeness (QED) is 0.846. The molecule has 1 saturated carbocycles. The molecule has 0 aliphatic heterocycles. The molecule has 3 rings (SSSR count). The minimum Gasteiger partial charge on any atom is -0.398 e. The van der Waals surface area contributed by atoms with Gasteiger partial charge in [0.2, 0.25) is 0 Å². The van der Waals surface area contributed by atoms with Gasteiger partial charge in [-0.3, -0.25) is 0 Å². The van der Waals surface area contributed by atoms with Crippen LogP contribution in [-0.2, 0) is 0 Å². The fourth-order valence-corrected chi connectivity index (χ4v) is 2.44. The van der Waals surface area contributed by atoms with Gasteiger partial charge in [-0.15, -0.1) is 0 Å². The number of aromatic nitrogens is 2. The SMILES string of the molecule is Nc1cc(F)c(F)cc1-c1nc(C2CCCC2)no1. The van der Waals surface area contributed by atoms with Crippen molar-refractivity contribution in [3.05, 3.63) is 29.6 Å². The van der Waals surface area contributed by atoms with E-state index in [2.05, 4.69) is 10.1 Å². The van der Waals surface area contributed by atoms with E-state index in [9.17, 15) is 8.78 Å². The Labute approximate surface area is 108 Å². The van der Waals surface area contributed by atoms with E-state index in [0.29, 0.717) is 11.7 Å². The summed E-state index contributed by atoms with van der Waals surface area (Å²) in [4.78, 5) is 4.25. The predicted molar refractivity (Wildman–Crippen MR) is 65.3 cm³/mol. The monoisotopic (exact) mass is 265 g/mol. The molecule has 0 saturated heterocycles. The molecule has 0 amide bonds. The van der Waals surface area contributed by atoms with Crippen LogP contribution in [0.3, 0.4) is 0 Å². The van der Waals surface area contributed by atoms with Gasteiger partial charge in [0, 0.05) is 17.7 Å². The standard InChI is InChI=1S/C13H13F2N3O/c14-9-5-8(11(16)6-10(9)15)13-17-12(18-19-13)7-3-1-2-4-7/h5-7H,1-4,16H2. The maximum atomic E-state index is 13.2. The third-order valence-electron chi connectivity index (χ3n) is 3.48. The highest BCUT2D eigenvalue weighted by atomic mass is 19.2. The van der Waals surface area contributed by atoms with Crippen molar-refractivity contribution >= 4 is 5.69 Å². The number of hydrogen-bond acceptors (Lipinski definition) is 4. The summed E-state index contributed by atoms with van der Waals surface area (Å²) < 4.78 is 31.3. The van der Waals surface area contributed by atoms with Crippen molar-refractivity contribution < 1.29 is 13.3 Å². The number of benzene rings is 1. The number of nitrogens with zero attached hydrogens (tertiary/aromatic N) is 2. The minimum atomic E-state index is -0.989. The lowest BCUT2D eigenvalue weighted by molar-refractivity contribution is 0.415. The van der Waals surface area contributed by atoms with Crippen molar-refractivity contribution in [1.82, 2.24) is 10.1 Å². The van der Waals surface area contributed by atoms with E-state index in [4.69, 9.17) is 10.3 Å². The molecule has 6 heteroatoms. The van der Waals surface area contributed by atoms with Crippen LogP contribution in [-0.4, -0.2) is 10.1 Å². The van der Waals surface area contributed by atoms with E-state index in [1.165, 1.54) is 0 Å². The Morgan fingerprint density at radius 3 is 2.58 bits per heavy atom. The van der Waals surface area contributed by atoms with E-state index in [1.54, 1.807) is 0 Å². The number of anilines is 1. The Hall–Kier alpha value is -1.98. The summed E-state index contributed by atoms with van der Waals surface area (Å²) in [5.41, 5.74) is 5.97. The van der Waals surface area contributed by atoms with Crippen LogP contribution in [0.2, 0.25) is 0 Å².